The second-order valence-corrected chi connectivity index (χ2v) is 9.38. The van der Waals surface area contributed by atoms with Gasteiger partial charge >= 0.3 is 11.9 Å². The van der Waals surface area contributed by atoms with Crippen LogP contribution in [-0.4, -0.2) is 29.9 Å². The number of rotatable bonds is 6. The number of non-ortho nitro benzene ring substituents is 1. The van der Waals surface area contributed by atoms with Crippen molar-refractivity contribution in [1.82, 2.24) is 10.6 Å². The van der Waals surface area contributed by atoms with Crippen molar-refractivity contribution >= 4 is 29.1 Å². The number of methoxy groups -OCH3 is 1. The van der Waals surface area contributed by atoms with Gasteiger partial charge in [0.15, 0.2) is 0 Å². The molecule has 2 heterocycles. The van der Waals surface area contributed by atoms with Crippen molar-refractivity contribution in [3.63, 3.8) is 0 Å². The van der Waals surface area contributed by atoms with Gasteiger partial charge in [0.05, 0.1) is 35.2 Å². The molecule has 0 aromatic heterocycles. The van der Waals surface area contributed by atoms with Gasteiger partial charge in [-0.05, 0) is 56.0 Å². The quantitative estimate of drug-likeness (QED) is 0.238. The van der Waals surface area contributed by atoms with Crippen LogP contribution in [-0.2, 0) is 19.1 Å². The van der Waals surface area contributed by atoms with Gasteiger partial charge in [0, 0.05) is 29.2 Å². The Kier molecular flexibility index (Phi) is 7.81. The molecule has 0 spiro atoms. The third kappa shape index (κ3) is 5.33. The van der Waals surface area contributed by atoms with Crippen LogP contribution < -0.4 is 15.4 Å². The molecule has 40 heavy (non-hydrogen) atoms. The van der Waals surface area contributed by atoms with Crippen LogP contribution in [0.1, 0.15) is 44.2 Å². The number of nitrogens with zero attached hydrogens (tertiary/aromatic N) is 2. The minimum atomic E-state index is -1.00. The van der Waals surface area contributed by atoms with Gasteiger partial charge in [-0.15, -0.1) is 0 Å². The van der Waals surface area contributed by atoms with E-state index in [9.17, 15) is 29.8 Å². The van der Waals surface area contributed by atoms with E-state index in [4.69, 9.17) is 9.47 Å². The number of dihydropyridines is 1. The summed E-state index contributed by atoms with van der Waals surface area (Å²) >= 11 is 0. The fourth-order valence-corrected chi connectivity index (χ4v) is 4.94. The smallest absolute Gasteiger partial charge is 0.342 e. The number of nitro benzene ring substituents is 1. The fraction of sp³-hybridized carbons (Fsp3) is 0.241. The normalized spacial score (nSPS) is 18.9. The lowest BCUT2D eigenvalue weighted by Gasteiger charge is -2.30. The molecule has 2 aliphatic rings. The number of esters is 2. The van der Waals surface area contributed by atoms with E-state index in [1.807, 2.05) is 6.07 Å². The molecule has 0 saturated heterocycles. The molecular formula is C29H26N4O7. The summed E-state index contributed by atoms with van der Waals surface area (Å²) in [5.74, 6) is -3.49. The summed E-state index contributed by atoms with van der Waals surface area (Å²) in [5.41, 5.74) is 3.20. The van der Waals surface area contributed by atoms with Crippen LogP contribution in [0.2, 0.25) is 0 Å². The van der Waals surface area contributed by atoms with Crippen LogP contribution in [0.15, 0.2) is 76.8 Å². The first-order chi connectivity index (χ1) is 19.0. The molecule has 0 aliphatic carbocycles. The molecular weight excluding hydrogens is 516 g/mol. The second kappa shape index (κ2) is 11.2. The van der Waals surface area contributed by atoms with Crippen LogP contribution in [0.4, 0.5) is 5.69 Å². The number of ether oxygens (including phenoxy) is 2. The maximum atomic E-state index is 13.7. The number of carbonyl (C=O) groups is 3. The van der Waals surface area contributed by atoms with Crippen LogP contribution in [0.5, 0.6) is 5.75 Å². The molecule has 204 valence electrons. The van der Waals surface area contributed by atoms with Crippen molar-refractivity contribution in [3.05, 3.63) is 98.0 Å². The van der Waals surface area contributed by atoms with E-state index < -0.39 is 28.7 Å². The summed E-state index contributed by atoms with van der Waals surface area (Å²) < 4.78 is 10.8. The lowest BCUT2D eigenvalue weighted by atomic mass is 9.80. The van der Waals surface area contributed by atoms with E-state index in [0.717, 1.165) is 5.57 Å². The first-order valence-electron chi connectivity index (χ1n) is 12.3. The van der Waals surface area contributed by atoms with E-state index in [-0.39, 0.29) is 34.9 Å². The minimum Gasteiger partial charge on any atom is -0.466 e. The van der Waals surface area contributed by atoms with Gasteiger partial charge in [0.2, 0.25) is 5.91 Å². The van der Waals surface area contributed by atoms with Crippen LogP contribution in [0.25, 0.3) is 5.57 Å². The van der Waals surface area contributed by atoms with Crippen LogP contribution in [0.3, 0.4) is 0 Å². The largest absolute Gasteiger partial charge is 0.466 e. The molecule has 2 aliphatic heterocycles. The first-order valence-corrected chi connectivity index (χ1v) is 12.3. The van der Waals surface area contributed by atoms with Crippen LogP contribution in [0, 0.1) is 27.4 Å². The highest BCUT2D eigenvalue weighted by Gasteiger charge is 2.38. The predicted molar refractivity (Wildman–Crippen MR) is 143 cm³/mol. The number of nitrogens with one attached hydrogen (secondary N) is 2. The maximum Gasteiger partial charge on any atom is 0.342 e. The number of amides is 1. The standard InChI is InChI=1S/C29H26N4O7/c1-15-23(13-20(14-30)27(34)32-15)18-7-6-10-22(12-18)40-29(36)25-17(3)31-16(2)24(28(35)39-4)26(25)19-8-5-9-21(11-19)33(37)38/h5-12,20,26,31H,13H2,1-4H3,(H,32,34). The molecule has 2 aromatic rings. The van der Waals surface area contributed by atoms with E-state index in [1.54, 1.807) is 51.1 Å². The molecule has 4 rings (SSSR count). The van der Waals surface area contributed by atoms with Gasteiger partial charge in [0.25, 0.3) is 5.69 Å². The molecule has 0 radical (unpaired) electrons. The maximum absolute atomic E-state index is 13.7. The Balaban J connectivity index is 1.73. The Morgan fingerprint density at radius 1 is 1.00 bits per heavy atom. The monoisotopic (exact) mass is 542 g/mol. The number of carbonyl (C=O) groups excluding carboxylic acids is 3. The second-order valence-electron chi connectivity index (χ2n) is 9.38. The number of benzene rings is 2. The molecule has 0 bridgehead atoms. The first kappa shape index (κ1) is 27.8. The molecule has 11 heteroatoms. The Bertz CT molecular complexity index is 1580. The average molecular weight is 543 g/mol. The van der Waals surface area contributed by atoms with E-state index in [1.165, 1.54) is 25.3 Å². The van der Waals surface area contributed by atoms with Gasteiger partial charge in [-0.1, -0.05) is 24.3 Å². The third-order valence-electron chi connectivity index (χ3n) is 6.84. The Hall–Kier alpha value is -5.24. The Morgan fingerprint density at radius 3 is 2.33 bits per heavy atom. The van der Waals surface area contributed by atoms with Gasteiger partial charge in [-0.3, -0.25) is 14.9 Å². The molecule has 2 aromatic carbocycles. The predicted octanol–water partition coefficient (Wildman–Crippen LogP) is 4.00. The SMILES string of the molecule is COC(=O)C1=C(C)NC(C)=C(C(=O)Oc2cccc(C3=C(C)NC(=O)C(C#N)C3)c2)C1c1cccc([N+](=O)[O-])c1. The number of nitro groups is 1. The zero-order valence-electron chi connectivity index (χ0n) is 22.2. The molecule has 0 fully saturated rings. The molecule has 1 amide bonds. The Morgan fingerprint density at radius 2 is 1.68 bits per heavy atom. The summed E-state index contributed by atoms with van der Waals surface area (Å²) in [5, 5.41) is 26.5. The fourth-order valence-electron chi connectivity index (χ4n) is 4.94. The summed E-state index contributed by atoms with van der Waals surface area (Å²) in [6.45, 7) is 5.03. The van der Waals surface area contributed by atoms with Crippen molar-refractivity contribution in [2.75, 3.05) is 7.11 Å². The summed E-state index contributed by atoms with van der Waals surface area (Å²) in [6.07, 6.45) is 0.209. The molecule has 0 saturated carbocycles. The zero-order valence-corrected chi connectivity index (χ0v) is 22.2. The summed E-state index contributed by atoms with van der Waals surface area (Å²) in [7, 11) is 1.21. The number of allylic oxidation sites excluding steroid dienone is 4. The van der Waals surface area contributed by atoms with Crippen molar-refractivity contribution in [2.24, 2.45) is 5.92 Å². The zero-order chi connectivity index (χ0) is 29.1. The van der Waals surface area contributed by atoms with Crippen molar-refractivity contribution in [1.29, 1.82) is 5.26 Å². The summed E-state index contributed by atoms with van der Waals surface area (Å²) in [6, 6.07) is 14.4. The Labute approximate surface area is 229 Å². The average Bonchev–Trinajstić information content (AvgIpc) is 2.92. The number of hydrogen-bond donors (Lipinski definition) is 2. The van der Waals surface area contributed by atoms with Crippen LogP contribution >= 0.6 is 0 Å². The number of nitriles is 1. The summed E-state index contributed by atoms with van der Waals surface area (Å²) in [4.78, 5) is 49.5. The number of hydrogen-bond acceptors (Lipinski definition) is 9. The lowest BCUT2D eigenvalue weighted by molar-refractivity contribution is -0.384. The van der Waals surface area contributed by atoms with E-state index in [2.05, 4.69) is 10.6 Å². The van der Waals surface area contributed by atoms with Crippen molar-refractivity contribution in [2.45, 2.75) is 33.1 Å². The van der Waals surface area contributed by atoms with Gasteiger partial charge < -0.3 is 20.1 Å². The van der Waals surface area contributed by atoms with Gasteiger partial charge in [-0.2, -0.15) is 5.26 Å². The lowest BCUT2D eigenvalue weighted by Crippen LogP contribution is -2.33. The van der Waals surface area contributed by atoms with Gasteiger partial charge in [0.1, 0.15) is 11.7 Å². The molecule has 2 N–H and O–H groups in total. The van der Waals surface area contributed by atoms with E-state index >= 15 is 0 Å². The molecule has 2 unspecified atom stereocenters. The third-order valence-corrected chi connectivity index (χ3v) is 6.84. The van der Waals surface area contributed by atoms with Gasteiger partial charge in [-0.25, -0.2) is 9.59 Å². The highest BCUT2D eigenvalue weighted by atomic mass is 16.6. The van der Waals surface area contributed by atoms with Crippen molar-refractivity contribution in [3.8, 4) is 11.8 Å². The topological polar surface area (TPSA) is 161 Å². The van der Waals surface area contributed by atoms with Crippen molar-refractivity contribution < 1.29 is 28.8 Å². The minimum absolute atomic E-state index is 0.0850. The highest BCUT2D eigenvalue weighted by Crippen LogP contribution is 2.40. The molecule has 11 nitrogen and oxygen atoms in total. The molecule has 2 atom stereocenters. The highest BCUT2D eigenvalue weighted by molar-refractivity contribution is 6.00. The van der Waals surface area contributed by atoms with E-state index in [0.29, 0.717) is 28.2 Å².